The van der Waals surface area contributed by atoms with Gasteiger partial charge in [0.2, 0.25) is 5.91 Å². The van der Waals surface area contributed by atoms with Gasteiger partial charge in [-0.2, -0.15) is 0 Å². The Labute approximate surface area is 121 Å². The zero-order valence-electron chi connectivity index (χ0n) is 11.0. The largest absolute Gasteiger partial charge is 0.478 e. The molecule has 0 aliphatic heterocycles. The Morgan fingerprint density at radius 3 is 2.43 bits per heavy atom. The number of amides is 1. The number of carboxylic acids is 1. The van der Waals surface area contributed by atoms with Crippen molar-refractivity contribution in [3.05, 3.63) is 66.1 Å². The first-order valence-corrected chi connectivity index (χ1v) is 6.17. The Morgan fingerprint density at radius 2 is 1.81 bits per heavy atom. The fourth-order valence-electron chi connectivity index (χ4n) is 1.57. The fraction of sp³-hybridized carbons (Fsp3) is 0. The molecule has 0 bridgehead atoms. The molecule has 1 aromatic carbocycles. The zero-order chi connectivity index (χ0) is 15.1. The van der Waals surface area contributed by atoms with E-state index in [4.69, 9.17) is 9.52 Å². The quantitative estimate of drug-likeness (QED) is 0.827. The van der Waals surface area contributed by atoms with E-state index in [0.717, 1.165) is 11.6 Å². The molecule has 0 spiro atoms. The average molecular weight is 283 g/mol. The van der Waals surface area contributed by atoms with E-state index < -0.39 is 5.97 Å². The van der Waals surface area contributed by atoms with Crippen molar-refractivity contribution in [2.75, 3.05) is 5.32 Å². The number of carbonyl (C=O) groups is 2. The number of carboxylic acid groups (broad SMARTS) is 1. The van der Waals surface area contributed by atoms with Crippen molar-refractivity contribution in [2.24, 2.45) is 0 Å². The molecule has 0 atom stereocenters. The summed E-state index contributed by atoms with van der Waals surface area (Å²) in [6.07, 6.45) is 7.00. The van der Waals surface area contributed by atoms with Gasteiger partial charge in [-0.05, 0) is 42.0 Å². The maximum Gasteiger partial charge on any atom is 0.328 e. The van der Waals surface area contributed by atoms with E-state index in [1.165, 1.54) is 18.4 Å². The SMILES string of the molecule is O=C(O)/C=C/c1ccc(NC(=O)/C=C/c2ccco2)cc1. The van der Waals surface area contributed by atoms with E-state index in [0.29, 0.717) is 11.4 Å². The number of rotatable bonds is 5. The molecule has 0 unspecified atom stereocenters. The van der Waals surface area contributed by atoms with Gasteiger partial charge < -0.3 is 14.8 Å². The van der Waals surface area contributed by atoms with Crippen LogP contribution in [0, 0.1) is 0 Å². The topological polar surface area (TPSA) is 79.5 Å². The van der Waals surface area contributed by atoms with E-state index in [-0.39, 0.29) is 5.91 Å². The third-order valence-corrected chi connectivity index (χ3v) is 2.54. The van der Waals surface area contributed by atoms with Crippen LogP contribution in [0.5, 0.6) is 0 Å². The molecule has 21 heavy (non-hydrogen) atoms. The van der Waals surface area contributed by atoms with Gasteiger partial charge in [0.25, 0.3) is 0 Å². The van der Waals surface area contributed by atoms with Crippen LogP contribution in [0.4, 0.5) is 5.69 Å². The normalized spacial score (nSPS) is 11.0. The summed E-state index contributed by atoms with van der Waals surface area (Å²) in [5.74, 6) is -0.685. The highest BCUT2D eigenvalue weighted by atomic mass is 16.4. The first-order valence-electron chi connectivity index (χ1n) is 6.17. The molecule has 0 aliphatic carbocycles. The summed E-state index contributed by atoms with van der Waals surface area (Å²) in [6.45, 7) is 0. The van der Waals surface area contributed by atoms with Gasteiger partial charge in [-0.25, -0.2) is 4.79 Å². The molecule has 5 nitrogen and oxygen atoms in total. The van der Waals surface area contributed by atoms with Crippen LogP contribution in [-0.2, 0) is 9.59 Å². The molecule has 0 aliphatic rings. The van der Waals surface area contributed by atoms with Crippen molar-refractivity contribution in [3.63, 3.8) is 0 Å². The minimum Gasteiger partial charge on any atom is -0.478 e. The highest BCUT2D eigenvalue weighted by Gasteiger charge is 1.98. The van der Waals surface area contributed by atoms with Crippen LogP contribution >= 0.6 is 0 Å². The molecular formula is C16H13NO4. The second-order valence-corrected chi connectivity index (χ2v) is 4.13. The van der Waals surface area contributed by atoms with E-state index >= 15 is 0 Å². The van der Waals surface area contributed by atoms with Crippen LogP contribution in [0.25, 0.3) is 12.2 Å². The fourth-order valence-corrected chi connectivity index (χ4v) is 1.57. The third-order valence-electron chi connectivity index (χ3n) is 2.54. The standard InChI is InChI=1S/C16H13NO4/c18-15(9-8-14-2-1-11-21-14)17-13-6-3-12(4-7-13)5-10-16(19)20/h1-11H,(H,17,18)(H,19,20)/b9-8+,10-5+. The van der Waals surface area contributed by atoms with Gasteiger partial charge in [-0.1, -0.05) is 12.1 Å². The lowest BCUT2D eigenvalue weighted by Crippen LogP contribution is -2.07. The summed E-state index contributed by atoms with van der Waals surface area (Å²) in [4.78, 5) is 22.1. The highest BCUT2D eigenvalue weighted by Crippen LogP contribution is 2.11. The molecule has 1 aromatic heterocycles. The van der Waals surface area contributed by atoms with Gasteiger partial charge in [0, 0.05) is 17.8 Å². The maximum atomic E-state index is 11.7. The Kier molecular flexibility index (Phi) is 4.71. The number of nitrogens with one attached hydrogen (secondary N) is 1. The lowest BCUT2D eigenvalue weighted by Gasteiger charge is -2.02. The van der Waals surface area contributed by atoms with Crippen molar-refractivity contribution >= 4 is 29.7 Å². The van der Waals surface area contributed by atoms with Crippen LogP contribution in [0.1, 0.15) is 11.3 Å². The van der Waals surface area contributed by atoms with Crippen molar-refractivity contribution in [3.8, 4) is 0 Å². The summed E-state index contributed by atoms with van der Waals surface area (Å²) in [5, 5.41) is 11.2. The maximum absolute atomic E-state index is 11.7. The molecule has 2 N–H and O–H groups in total. The van der Waals surface area contributed by atoms with E-state index in [2.05, 4.69) is 5.32 Å². The smallest absolute Gasteiger partial charge is 0.328 e. The monoisotopic (exact) mass is 283 g/mol. The number of anilines is 1. The molecule has 106 valence electrons. The average Bonchev–Trinajstić information content (AvgIpc) is 2.98. The van der Waals surface area contributed by atoms with Crippen molar-refractivity contribution in [1.82, 2.24) is 0 Å². The van der Waals surface area contributed by atoms with E-state index in [9.17, 15) is 9.59 Å². The lowest BCUT2D eigenvalue weighted by atomic mass is 10.2. The second kappa shape index (κ2) is 6.91. The summed E-state index contributed by atoms with van der Waals surface area (Å²) in [7, 11) is 0. The first kappa shape index (κ1) is 14.3. The number of hydrogen-bond donors (Lipinski definition) is 2. The predicted octanol–water partition coefficient (Wildman–Crippen LogP) is 3.03. The van der Waals surface area contributed by atoms with Crippen LogP contribution < -0.4 is 5.32 Å². The van der Waals surface area contributed by atoms with Gasteiger partial charge in [-0.3, -0.25) is 4.79 Å². The Morgan fingerprint density at radius 1 is 1.05 bits per heavy atom. The summed E-state index contributed by atoms with van der Waals surface area (Å²) >= 11 is 0. The molecule has 0 fully saturated rings. The van der Waals surface area contributed by atoms with Gasteiger partial charge in [0.15, 0.2) is 0 Å². The zero-order valence-corrected chi connectivity index (χ0v) is 11.0. The van der Waals surface area contributed by atoms with Crippen molar-refractivity contribution in [2.45, 2.75) is 0 Å². The summed E-state index contributed by atoms with van der Waals surface area (Å²) in [5.41, 5.74) is 1.36. The molecule has 0 radical (unpaired) electrons. The molecule has 2 aromatic rings. The second-order valence-electron chi connectivity index (χ2n) is 4.13. The molecule has 0 saturated carbocycles. The molecule has 0 saturated heterocycles. The number of benzene rings is 1. The number of aliphatic carboxylic acids is 1. The van der Waals surface area contributed by atoms with Crippen LogP contribution in [-0.4, -0.2) is 17.0 Å². The van der Waals surface area contributed by atoms with Crippen molar-refractivity contribution < 1.29 is 19.1 Å². The van der Waals surface area contributed by atoms with Crippen LogP contribution in [0.15, 0.2) is 59.2 Å². The van der Waals surface area contributed by atoms with Gasteiger partial charge in [0.05, 0.1) is 6.26 Å². The molecular weight excluding hydrogens is 270 g/mol. The van der Waals surface area contributed by atoms with E-state index in [1.807, 2.05) is 0 Å². The van der Waals surface area contributed by atoms with Crippen molar-refractivity contribution in [1.29, 1.82) is 0 Å². The lowest BCUT2D eigenvalue weighted by molar-refractivity contribution is -0.131. The van der Waals surface area contributed by atoms with Crippen LogP contribution in [0.3, 0.4) is 0 Å². The molecule has 2 rings (SSSR count). The Hall–Kier alpha value is -3.08. The molecule has 1 heterocycles. The number of carbonyl (C=O) groups excluding carboxylic acids is 1. The van der Waals surface area contributed by atoms with Gasteiger partial charge in [-0.15, -0.1) is 0 Å². The predicted molar refractivity (Wildman–Crippen MR) is 79.5 cm³/mol. The first-order chi connectivity index (χ1) is 10.1. The van der Waals surface area contributed by atoms with Gasteiger partial charge >= 0.3 is 5.97 Å². The third kappa shape index (κ3) is 4.83. The minimum atomic E-state index is -1.00. The Balaban J connectivity index is 1.93. The highest BCUT2D eigenvalue weighted by molar-refractivity contribution is 6.01. The minimum absolute atomic E-state index is 0.278. The van der Waals surface area contributed by atoms with Crippen LogP contribution in [0.2, 0.25) is 0 Å². The molecule has 5 heteroatoms. The number of furan rings is 1. The molecule has 1 amide bonds. The summed E-state index contributed by atoms with van der Waals surface area (Å²) < 4.78 is 5.07. The summed E-state index contributed by atoms with van der Waals surface area (Å²) in [6, 6.07) is 10.3. The Bertz CT molecular complexity index is 667. The van der Waals surface area contributed by atoms with E-state index in [1.54, 1.807) is 42.5 Å². The number of hydrogen-bond acceptors (Lipinski definition) is 3. The van der Waals surface area contributed by atoms with Gasteiger partial charge in [0.1, 0.15) is 5.76 Å².